The SMILES string of the molecule is CCOC(=O)[C@@H]1C[C@H]1c1ccc(N(Cc2cc(Br)c(F)cc2F)C(=O)OC(C)(C)C)cn1. The first kappa shape index (κ1) is 24.1. The van der Waals surface area contributed by atoms with E-state index >= 15 is 0 Å². The minimum absolute atomic E-state index is 0.0245. The number of ether oxygens (including phenoxy) is 2. The van der Waals surface area contributed by atoms with Crippen molar-refractivity contribution in [1.29, 1.82) is 0 Å². The van der Waals surface area contributed by atoms with Gasteiger partial charge in [-0.25, -0.2) is 13.6 Å². The van der Waals surface area contributed by atoms with Crippen LogP contribution in [0, 0.1) is 17.6 Å². The summed E-state index contributed by atoms with van der Waals surface area (Å²) in [5.74, 6) is -1.98. The molecule has 0 aliphatic heterocycles. The Morgan fingerprint density at radius 3 is 2.53 bits per heavy atom. The lowest BCUT2D eigenvalue weighted by molar-refractivity contribution is -0.144. The molecule has 1 fully saturated rings. The summed E-state index contributed by atoms with van der Waals surface area (Å²) >= 11 is 3.05. The number of halogens is 3. The first-order valence-electron chi connectivity index (χ1n) is 10.3. The van der Waals surface area contributed by atoms with Gasteiger partial charge < -0.3 is 9.47 Å². The number of nitrogens with zero attached hydrogens (tertiary/aromatic N) is 2. The Kier molecular flexibility index (Phi) is 7.17. The van der Waals surface area contributed by atoms with E-state index < -0.39 is 23.3 Å². The Morgan fingerprint density at radius 2 is 1.94 bits per heavy atom. The van der Waals surface area contributed by atoms with Crippen molar-refractivity contribution in [2.75, 3.05) is 11.5 Å². The van der Waals surface area contributed by atoms with Gasteiger partial charge in [-0.05, 0) is 68.2 Å². The van der Waals surface area contributed by atoms with Gasteiger partial charge >= 0.3 is 12.1 Å². The maximum Gasteiger partial charge on any atom is 0.415 e. The number of carbonyl (C=O) groups excluding carboxylic acids is 2. The third-order valence-corrected chi connectivity index (χ3v) is 5.48. The first-order chi connectivity index (χ1) is 15.0. The second-order valence-corrected chi connectivity index (χ2v) is 9.42. The van der Waals surface area contributed by atoms with Crippen LogP contribution in [0.5, 0.6) is 0 Å². The summed E-state index contributed by atoms with van der Waals surface area (Å²) in [6.07, 6.45) is 1.45. The molecule has 6 nitrogen and oxygen atoms in total. The fourth-order valence-electron chi connectivity index (χ4n) is 3.24. The number of hydrogen-bond acceptors (Lipinski definition) is 5. The largest absolute Gasteiger partial charge is 0.466 e. The van der Waals surface area contributed by atoms with Crippen LogP contribution in [0.15, 0.2) is 34.9 Å². The van der Waals surface area contributed by atoms with E-state index in [1.807, 2.05) is 0 Å². The van der Waals surface area contributed by atoms with E-state index in [1.165, 1.54) is 17.2 Å². The standard InChI is InChI=1S/C23H25BrF2N2O4/c1-5-31-21(29)16-9-15(16)20-7-6-14(11-27-20)28(22(30)32-23(2,3)4)12-13-8-17(24)19(26)10-18(13)25/h6-8,10-11,15-16H,5,9,12H2,1-4H3/t15-,16-/m1/s1. The summed E-state index contributed by atoms with van der Waals surface area (Å²) in [6.45, 7) is 7.08. The van der Waals surface area contributed by atoms with Crippen molar-refractivity contribution in [3.05, 3.63) is 57.8 Å². The molecule has 2 atom stereocenters. The third-order valence-electron chi connectivity index (χ3n) is 4.87. The molecule has 0 radical (unpaired) electrons. The summed E-state index contributed by atoms with van der Waals surface area (Å²) in [6, 6.07) is 5.45. The zero-order chi connectivity index (χ0) is 23.6. The molecule has 1 amide bonds. The predicted molar refractivity (Wildman–Crippen MR) is 118 cm³/mol. The van der Waals surface area contributed by atoms with E-state index in [-0.39, 0.29) is 34.4 Å². The topological polar surface area (TPSA) is 68.7 Å². The normalized spacial score (nSPS) is 17.6. The van der Waals surface area contributed by atoms with Crippen LogP contribution in [0.2, 0.25) is 0 Å². The number of carbonyl (C=O) groups is 2. The van der Waals surface area contributed by atoms with Gasteiger partial charge in [-0.1, -0.05) is 0 Å². The molecule has 172 valence electrons. The molecular formula is C23H25BrF2N2O4. The van der Waals surface area contributed by atoms with E-state index in [0.29, 0.717) is 24.4 Å². The highest BCUT2D eigenvalue weighted by molar-refractivity contribution is 9.10. The van der Waals surface area contributed by atoms with Crippen LogP contribution < -0.4 is 4.90 Å². The van der Waals surface area contributed by atoms with Crippen LogP contribution in [0.1, 0.15) is 51.3 Å². The minimum Gasteiger partial charge on any atom is -0.466 e. The highest BCUT2D eigenvalue weighted by Gasteiger charge is 2.46. The number of aromatic nitrogens is 1. The molecule has 1 aromatic heterocycles. The molecule has 0 saturated heterocycles. The van der Waals surface area contributed by atoms with Crippen molar-refractivity contribution in [2.45, 2.75) is 52.2 Å². The van der Waals surface area contributed by atoms with Gasteiger partial charge in [-0.2, -0.15) is 0 Å². The maximum absolute atomic E-state index is 14.4. The van der Waals surface area contributed by atoms with Crippen molar-refractivity contribution < 1.29 is 27.8 Å². The summed E-state index contributed by atoms with van der Waals surface area (Å²) < 4.78 is 38.6. The van der Waals surface area contributed by atoms with Gasteiger partial charge in [0.15, 0.2) is 0 Å². The molecule has 0 unspecified atom stereocenters. The van der Waals surface area contributed by atoms with Crippen LogP contribution in [-0.2, 0) is 20.8 Å². The number of hydrogen-bond donors (Lipinski definition) is 0. The van der Waals surface area contributed by atoms with Crippen LogP contribution in [-0.4, -0.2) is 29.3 Å². The second kappa shape index (κ2) is 9.52. The maximum atomic E-state index is 14.4. The number of amides is 1. The molecule has 1 aliphatic carbocycles. The van der Waals surface area contributed by atoms with Gasteiger partial charge in [0.2, 0.25) is 0 Å². The number of anilines is 1. The Balaban J connectivity index is 1.85. The van der Waals surface area contributed by atoms with Crippen molar-refractivity contribution in [1.82, 2.24) is 4.98 Å². The van der Waals surface area contributed by atoms with E-state index in [1.54, 1.807) is 39.8 Å². The molecule has 9 heteroatoms. The van der Waals surface area contributed by atoms with E-state index in [0.717, 1.165) is 6.07 Å². The molecule has 0 spiro atoms. The zero-order valence-electron chi connectivity index (χ0n) is 18.3. The van der Waals surface area contributed by atoms with Gasteiger partial charge in [0.1, 0.15) is 17.2 Å². The lowest BCUT2D eigenvalue weighted by Crippen LogP contribution is -2.36. The lowest BCUT2D eigenvalue weighted by Gasteiger charge is -2.27. The Bertz CT molecular complexity index is 1010. The average Bonchev–Trinajstić information content (AvgIpc) is 3.50. The molecule has 3 rings (SSSR count). The Hall–Kier alpha value is -2.55. The smallest absolute Gasteiger partial charge is 0.415 e. The fourth-order valence-corrected chi connectivity index (χ4v) is 3.63. The quantitative estimate of drug-likeness (QED) is 0.366. The van der Waals surface area contributed by atoms with Crippen LogP contribution in [0.4, 0.5) is 19.3 Å². The zero-order valence-corrected chi connectivity index (χ0v) is 19.9. The average molecular weight is 511 g/mol. The predicted octanol–water partition coefficient (Wildman–Crippen LogP) is 5.73. The van der Waals surface area contributed by atoms with Crippen molar-refractivity contribution in [2.24, 2.45) is 5.92 Å². The molecule has 0 N–H and O–H groups in total. The van der Waals surface area contributed by atoms with Gasteiger partial charge in [-0.3, -0.25) is 14.7 Å². The van der Waals surface area contributed by atoms with Gasteiger partial charge in [0.05, 0.1) is 35.4 Å². The van der Waals surface area contributed by atoms with Crippen molar-refractivity contribution in [3.8, 4) is 0 Å². The lowest BCUT2D eigenvalue weighted by atomic mass is 10.1. The fraction of sp³-hybridized carbons (Fsp3) is 0.435. The van der Waals surface area contributed by atoms with E-state index in [2.05, 4.69) is 20.9 Å². The second-order valence-electron chi connectivity index (χ2n) is 8.57. The molecule has 0 bridgehead atoms. The number of rotatable bonds is 6. The van der Waals surface area contributed by atoms with Crippen molar-refractivity contribution >= 4 is 33.7 Å². The molecule has 1 aromatic carbocycles. The summed E-state index contributed by atoms with van der Waals surface area (Å²) in [7, 11) is 0. The van der Waals surface area contributed by atoms with E-state index in [4.69, 9.17) is 9.47 Å². The summed E-state index contributed by atoms with van der Waals surface area (Å²) in [5.41, 5.74) is 0.437. The molecule has 32 heavy (non-hydrogen) atoms. The van der Waals surface area contributed by atoms with Gasteiger partial charge in [-0.15, -0.1) is 0 Å². The molecule has 1 heterocycles. The van der Waals surface area contributed by atoms with Gasteiger partial charge in [0, 0.05) is 23.2 Å². The third kappa shape index (κ3) is 5.82. The molecule has 1 saturated carbocycles. The first-order valence-corrected chi connectivity index (χ1v) is 11.1. The van der Waals surface area contributed by atoms with Crippen LogP contribution in [0.3, 0.4) is 0 Å². The molecule has 2 aromatic rings. The highest BCUT2D eigenvalue weighted by atomic mass is 79.9. The Labute approximate surface area is 194 Å². The summed E-state index contributed by atoms with van der Waals surface area (Å²) in [4.78, 5) is 30.4. The minimum atomic E-state index is -0.779. The van der Waals surface area contributed by atoms with Crippen LogP contribution >= 0.6 is 15.9 Å². The van der Waals surface area contributed by atoms with Crippen molar-refractivity contribution in [3.63, 3.8) is 0 Å². The molecule has 1 aliphatic rings. The molecular weight excluding hydrogens is 486 g/mol. The number of pyridine rings is 1. The number of esters is 1. The van der Waals surface area contributed by atoms with E-state index in [9.17, 15) is 18.4 Å². The van der Waals surface area contributed by atoms with Gasteiger partial charge in [0.25, 0.3) is 0 Å². The monoisotopic (exact) mass is 510 g/mol. The Morgan fingerprint density at radius 1 is 1.22 bits per heavy atom. The summed E-state index contributed by atoms with van der Waals surface area (Å²) in [5, 5.41) is 0. The van der Waals surface area contributed by atoms with Crippen LogP contribution in [0.25, 0.3) is 0 Å². The number of benzene rings is 1. The highest BCUT2D eigenvalue weighted by Crippen LogP contribution is 2.47.